The van der Waals surface area contributed by atoms with Crippen LogP contribution in [0.4, 0.5) is 0 Å². The van der Waals surface area contributed by atoms with E-state index in [0.717, 1.165) is 35.7 Å². The lowest BCUT2D eigenvalue weighted by Crippen LogP contribution is -2.39. The van der Waals surface area contributed by atoms with Gasteiger partial charge in [0.15, 0.2) is 0 Å². The fourth-order valence-electron chi connectivity index (χ4n) is 2.92. The van der Waals surface area contributed by atoms with Gasteiger partial charge in [-0.2, -0.15) is 0 Å². The predicted molar refractivity (Wildman–Crippen MR) is 72.1 cm³/mol. The average Bonchev–Trinajstić information content (AvgIpc) is 2.38. The summed E-state index contributed by atoms with van der Waals surface area (Å²) in [6.07, 6.45) is 5.23. The molecule has 1 aromatic carbocycles. The Labute approximate surface area is 107 Å². The van der Waals surface area contributed by atoms with Crippen molar-refractivity contribution in [1.29, 1.82) is 0 Å². The Bertz CT molecular complexity index is 569. The van der Waals surface area contributed by atoms with Crippen molar-refractivity contribution in [2.24, 2.45) is 5.73 Å². The summed E-state index contributed by atoms with van der Waals surface area (Å²) in [4.78, 5) is 4.30. The largest absolute Gasteiger partial charge is 0.385 e. The molecule has 3 rings (SSSR count). The van der Waals surface area contributed by atoms with Crippen molar-refractivity contribution < 1.29 is 5.11 Å². The van der Waals surface area contributed by atoms with Crippen molar-refractivity contribution >= 4 is 10.9 Å². The van der Waals surface area contributed by atoms with Gasteiger partial charge in [-0.1, -0.05) is 12.1 Å². The Hall–Kier alpha value is -1.45. The van der Waals surface area contributed by atoms with Gasteiger partial charge in [0.2, 0.25) is 0 Å². The lowest BCUT2D eigenvalue weighted by Gasteiger charge is -2.35. The van der Waals surface area contributed by atoms with E-state index in [0.29, 0.717) is 6.42 Å². The number of rotatable bonds is 1. The summed E-state index contributed by atoms with van der Waals surface area (Å²) in [5.41, 5.74) is 7.16. The number of aromatic nitrogens is 1. The number of fused-ring (bicyclic) bond motifs is 1. The molecule has 3 nitrogen and oxygen atoms in total. The molecule has 1 saturated carbocycles. The zero-order valence-corrected chi connectivity index (χ0v) is 10.3. The van der Waals surface area contributed by atoms with Gasteiger partial charge >= 0.3 is 0 Å². The molecule has 3 N–H and O–H groups in total. The second kappa shape index (κ2) is 4.34. The topological polar surface area (TPSA) is 59.1 Å². The van der Waals surface area contributed by atoms with Crippen LogP contribution in [0.1, 0.15) is 31.2 Å². The maximum atomic E-state index is 10.8. The summed E-state index contributed by atoms with van der Waals surface area (Å²) in [6.45, 7) is 0. The van der Waals surface area contributed by atoms with Crippen LogP contribution in [0.3, 0.4) is 0 Å². The molecule has 1 aliphatic rings. The lowest BCUT2D eigenvalue weighted by atomic mass is 9.77. The number of nitrogens with two attached hydrogens (primary N) is 1. The standard InChI is InChI=1S/C15H18N2O/c16-13-4-1-7-15(18,10-13)12-5-6-14-11(9-12)3-2-8-17-14/h2-3,5-6,8-9,13,18H,1,4,7,10,16H2. The van der Waals surface area contributed by atoms with E-state index in [1.807, 2.05) is 30.3 Å². The maximum absolute atomic E-state index is 10.8. The zero-order chi connectivity index (χ0) is 12.6. The number of hydrogen-bond acceptors (Lipinski definition) is 3. The highest BCUT2D eigenvalue weighted by atomic mass is 16.3. The van der Waals surface area contributed by atoms with E-state index in [1.54, 1.807) is 6.20 Å². The molecule has 0 spiro atoms. The second-order valence-corrected chi connectivity index (χ2v) is 5.30. The minimum Gasteiger partial charge on any atom is -0.385 e. The highest BCUT2D eigenvalue weighted by Crippen LogP contribution is 2.37. The van der Waals surface area contributed by atoms with Gasteiger partial charge in [0.25, 0.3) is 0 Å². The molecule has 2 atom stereocenters. The normalized spacial score (nSPS) is 28.4. The fraction of sp³-hybridized carbons (Fsp3) is 0.400. The lowest BCUT2D eigenvalue weighted by molar-refractivity contribution is -0.00705. The molecule has 0 amide bonds. The first-order valence-corrected chi connectivity index (χ1v) is 6.51. The fourth-order valence-corrected chi connectivity index (χ4v) is 2.92. The van der Waals surface area contributed by atoms with E-state index < -0.39 is 5.60 Å². The SMILES string of the molecule is NC1CCCC(O)(c2ccc3ncccc3c2)C1. The van der Waals surface area contributed by atoms with Crippen molar-refractivity contribution in [3.05, 3.63) is 42.1 Å². The first-order chi connectivity index (χ1) is 8.67. The van der Waals surface area contributed by atoms with Gasteiger partial charge in [0, 0.05) is 17.6 Å². The van der Waals surface area contributed by atoms with Gasteiger partial charge in [-0.3, -0.25) is 4.98 Å². The molecular weight excluding hydrogens is 224 g/mol. The van der Waals surface area contributed by atoms with Gasteiger partial charge in [-0.25, -0.2) is 0 Å². The molecule has 94 valence electrons. The average molecular weight is 242 g/mol. The van der Waals surface area contributed by atoms with Crippen LogP contribution in [-0.4, -0.2) is 16.1 Å². The number of pyridine rings is 1. The third-order valence-corrected chi connectivity index (χ3v) is 3.91. The highest BCUT2D eigenvalue weighted by molar-refractivity contribution is 5.79. The Balaban J connectivity index is 2.02. The van der Waals surface area contributed by atoms with Gasteiger partial charge < -0.3 is 10.8 Å². The first-order valence-electron chi connectivity index (χ1n) is 6.51. The molecule has 2 aromatic rings. The number of nitrogens with zero attached hydrogens (tertiary/aromatic N) is 1. The Morgan fingerprint density at radius 3 is 3.06 bits per heavy atom. The van der Waals surface area contributed by atoms with Crippen LogP contribution in [0.5, 0.6) is 0 Å². The molecule has 0 aliphatic heterocycles. The van der Waals surface area contributed by atoms with Crippen molar-refractivity contribution in [1.82, 2.24) is 4.98 Å². The molecular formula is C15H18N2O. The van der Waals surface area contributed by atoms with Crippen LogP contribution >= 0.6 is 0 Å². The smallest absolute Gasteiger partial charge is 0.0911 e. The van der Waals surface area contributed by atoms with E-state index in [9.17, 15) is 5.11 Å². The predicted octanol–water partition coefficient (Wildman–Crippen LogP) is 2.32. The molecule has 1 aromatic heterocycles. The van der Waals surface area contributed by atoms with E-state index in [2.05, 4.69) is 4.98 Å². The van der Waals surface area contributed by atoms with Crippen molar-refractivity contribution in [3.8, 4) is 0 Å². The van der Waals surface area contributed by atoms with Crippen LogP contribution in [0.2, 0.25) is 0 Å². The van der Waals surface area contributed by atoms with Gasteiger partial charge in [-0.15, -0.1) is 0 Å². The Morgan fingerprint density at radius 1 is 1.33 bits per heavy atom. The van der Waals surface area contributed by atoms with Gasteiger partial charge in [0.1, 0.15) is 0 Å². The van der Waals surface area contributed by atoms with Crippen LogP contribution < -0.4 is 5.73 Å². The monoisotopic (exact) mass is 242 g/mol. The summed E-state index contributed by atoms with van der Waals surface area (Å²) in [5.74, 6) is 0. The van der Waals surface area contributed by atoms with Crippen molar-refractivity contribution in [2.75, 3.05) is 0 Å². The first kappa shape index (κ1) is 11.6. The molecule has 1 fully saturated rings. The molecule has 1 heterocycles. The molecule has 0 bridgehead atoms. The Morgan fingerprint density at radius 2 is 2.22 bits per heavy atom. The third-order valence-electron chi connectivity index (χ3n) is 3.91. The molecule has 0 radical (unpaired) electrons. The number of aliphatic hydroxyl groups is 1. The number of benzene rings is 1. The molecule has 2 unspecified atom stereocenters. The minimum atomic E-state index is -0.762. The summed E-state index contributed by atoms with van der Waals surface area (Å²) in [5, 5.41) is 11.8. The Kier molecular flexibility index (Phi) is 2.80. The summed E-state index contributed by atoms with van der Waals surface area (Å²) in [6, 6.07) is 10.0. The molecule has 18 heavy (non-hydrogen) atoms. The van der Waals surface area contributed by atoms with Crippen LogP contribution in [0, 0.1) is 0 Å². The van der Waals surface area contributed by atoms with E-state index >= 15 is 0 Å². The van der Waals surface area contributed by atoms with E-state index in [4.69, 9.17) is 5.73 Å². The molecule has 1 aliphatic carbocycles. The minimum absolute atomic E-state index is 0.105. The van der Waals surface area contributed by atoms with Crippen molar-refractivity contribution in [3.63, 3.8) is 0 Å². The van der Waals surface area contributed by atoms with E-state index in [1.165, 1.54) is 0 Å². The third kappa shape index (κ3) is 2.00. The van der Waals surface area contributed by atoms with Gasteiger partial charge in [0.05, 0.1) is 11.1 Å². The van der Waals surface area contributed by atoms with Gasteiger partial charge in [-0.05, 0) is 49.4 Å². The quantitative estimate of drug-likeness (QED) is 0.806. The molecule has 0 saturated heterocycles. The van der Waals surface area contributed by atoms with Crippen LogP contribution in [0.25, 0.3) is 10.9 Å². The summed E-state index contributed by atoms with van der Waals surface area (Å²) >= 11 is 0. The summed E-state index contributed by atoms with van der Waals surface area (Å²) < 4.78 is 0. The number of hydrogen-bond donors (Lipinski definition) is 2. The van der Waals surface area contributed by atoms with Crippen LogP contribution in [0.15, 0.2) is 36.5 Å². The van der Waals surface area contributed by atoms with E-state index in [-0.39, 0.29) is 6.04 Å². The summed E-state index contributed by atoms with van der Waals surface area (Å²) in [7, 11) is 0. The second-order valence-electron chi connectivity index (χ2n) is 5.30. The maximum Gasteiger partial charge on any atom is 0.0911 e. The highest BCUT2D eigenvalue weighted by Gasteiger charge is 2.34. The van der Waals surface area contributed by atoms with Crippen molar-refractivity contribution in [2.45, 2.75) is 37.3 Å². The molecule has 3 heteroatoms. The van der Waals surface area contributed by atoms with Crippen LogP contribution in [-0.2, 0) is 5.60 Å². The zero-order valence-electron chi connectivity index (χ0n) is 10.3.